The van der Waals surface area contributed by atoms with Crippen molar-refractivity contribution in [2.45, 2.75) is 24.4 Å². The Kier molecular flexibility index (Phi) is 3.00. The van der Waals surface area contributed by atoms with Crippen LogP contribution in [0.3, 0.4) is 0 Å². The van der Waals surface area contributed by atoms with Gasteiger partial charge in [0.25, 0.3) is 0 Å². The zero-order chi connectivity index (χ0) is 13.4. The molecule has 2 aromatic rings. The number of benzene rings is 2. The Labute approximate surface area is 122 Å². The molecular weight excluding hydrogens is 259 g/mol. The Morgan fingerprint density at radius 1 is 0.850 bits per heavy atom. The van der Waals surface area contributed by atoms with Gasteiger partial charge < -0.3 is 0 Å². The van der Waals surface area contributed by atoms with Crippen LogP contribution in [-0.2, 0) is 0 Å². The molecule has 0 nitrogen and oxygen atoms in total. The minimum atomic E-state index is -0.282. The second-order valence-corrected chi connectivity index (χ2v) is 8.57. The molecule has 1 saturated carbocycles. The Morgan fingerprint density at radius 3 is 1.85 bits per heavy atom. The quantitative estimate of drug-likeness (QED) is 0.582. The molecule has 0 spiro atoms. The van der Waals surface area contributed by atoms with Crippen molar-refractivity contribution in [1.29, 1.82) is 0 Å². The SMILES string of the molecule is C1=CC2(P(c3ccccc3)c3ccccc3)CCC1C2. The fourth-order valence-corrected chi connectivity index (χ4v) is 7.09. The highest BCUT2D eigenvalue weighted by Gasteiger charge is 2.47. The summed E-state index contributed by atoms with van der Waals surface area (Å²) in [7, 11) is -0.282. The van der Waals surface area contributed by atoms with E-state index in [0.29, 0.717) is 5.16 Å². The molecule has 2 aliphatic rings. The van der Waals surface area contributed by atoms with Crippen LogP contribution in [0.4, 0.5) is 0 Å². The third-order valence-electron chi connectivity index (χ3n) is 4.72. The Hall–Kier alpha value is -1.39. The number of rotatable bonds is 3. The Bertz CT molecular complexity index is 577. The van der Waals surface area contributed by atoms with E-state index in [9.17, 15) is 0 Å². The Balaban J connectivity index is 1.84. The average molecular weight is 278 g/mol. The second kappa shape index (κ2) is 4.86. The van der Waals surface area contributed by atoms with Gasteiger partial charge in [-0.15, -0.1) is 0 Å². The summed E-state index contributed by atoms with van der Waals surface area (Å²) in [6.45, 7) is 0. The lowest BCUT2D eigenvalue weighted by Gasteiger charge is -2.35. The molecule has 2 aromatic carbocycles. The molecule has 1 heteroatoms. The normalized spacial score (nSPS) is 27.4. The van der Waals surface area contributed by atoms with Crippen molar-refractivity contribution < 1.29 is 0 Å². The van der Waals surface area contributed by atoms with Crippen molar-refractivity contribution >= 4 is 18.5 Å². The Morgan fingerprint density at radius 2 is 1.45 bits per heavy atom. The van der Waals surface area contributed by atoms with E-state index < -0.39 is 0 Å². The van der Waals surface area contributed by atoms with Gasteiger partial charge in [0.15, 0.2) is 0 Å². The molecule has 2 unspecified atom stereocenters. The molecular formula is C19H19P. The molecule has 0 amide bonds. The molecule has 20 heavy (non-hydrogen) atoms. The molecule has 0 saturated heterocycles. The molecule has 0 aromatic heterocycles. The predicted octanol–water partition coefficient (Wildman–Crippen LogP) is 4.23. The third kappa shape index (κ3) is 1.95. The molecule has 0 heterocycles. The molecule has 0 N–H and O–H groups in total. The van der Waals surface area contributed by atoms with Gasteiger partial charge in [-0.25, -0.2) is 0 Å². The summed E-state index contributed by atoms with van der Waals surface area (Å²) in [5, 5.41) is 3.48. The minimum absolute atomic E-state index is 0.282. The minimum Gasteiger partial charge on any atom is -0.0844 e. The van der Waals surface area contributed by atoms with Gasteiger partial charge in [0, 0.05) is 5.16 Å². The first-order valence-electron chi connectivity index (χ1n) is 7.47. The van der Waals surface area contributed by atoms with E-state index in [1.807, 2.05) is 0 Å². The standard InChI is InChI=1S/C19H19P/c1-3-7-17(8-4-1)20(18-9-5-2-6-10-18)19-13-11-16(15-19)12-14-19/h1-11,13,16H,12,14-15H2. The third-order valence-corrected chi connectivity index (χ3v) is 7.79. The topological polar surface area (TPSA) is 0 Å². The van der Waals surface area contributed by atoms with Crippen molar-refractivity contribution in [2.24, 2.45) is 5.92 Å². The lowest BCUT2D eigenvalue weighted by Crippen LogP contribution is -2.29. The highest BCUT2D eigenvalue weighted by Crippen LogP contribution is 2.61. The van der Waals surface area contributed by atoms with Crippen molar-refractivity contribution in [3.8, 4) is 0 Å². The number of hydrogen-bond acceptors (Lipinski definition) is 0. The maximum atomic E-state index is 2.55. The van der Waals surface area contributed by atoms with Crippen LogP contribution in [-0.4, -0.2) is 5.16 Å². The molecule has 4 rings (SSSR count). The van der Waals surface area contributed by atoms with Gasteiger partial charge in [0.1, 0.15) is 0 Å². The van der Waals surface area contributed by atoms with Gasteiger partial charge in [0.05, 0.1) is 0 Å². The maximum absolute atomic E-state index is 2.55. The summed E-state index contributed by atoms with van der Waals surface area (Å²) in [5.41, 5.74) is 0. The lowest BCUT2D eigenvalue weighted by molar-refractivity contribution is 0.699. The predicted molar refractivity (Wildman–Crippen MR) is 88.3 cm³/mol. The van der Waals surface area contributed by atoms with Crippen LogP contribution < -0.4 is 10.6 Å². The highest BCUT2D eigenvalue weighted by atomic mass is 31.1. The first-order valence-corrected chi connectivity index (χ1v) is 8.81. The van der Waals surface area contributed by atoms with Gasteiger partial charge in [0.2, 0.25) is 0 Å². The smallest absolute Gasteiger partial charge is 0.0170 e. The van der Waals surface area contributed by atoms with Crippen LogP contribution in [0.25, 0.3) is 0 Å². The zero-order valence-corrected chi connectivity index (χ0v) is 12.5. The summed E-state index contributed by atoms with van der Waals surface area (Å²) in [6.07, 6.45) is 9.14. The fraction of sp³-hybridized carbons (Fsp3) is 0.263. The number of fused-ring (bicyclic) bond motifs is 2. The highest BCUT2D eigenvalue weighted by molar-refractivity contribution is 7.74. The van der Waals surface area contributed by atoms with Gasteiger partial charge in [-0.05, 0) is 43.7 Å². The molecule has 100 valence electrons. The van der Waals surface area contributed by atoms with Crippen molar-refractivity contribution in [3.05, 3.63) is 72.8 Å². The summed E-state index contributed by atoms with van der Waals surface area (Å²) < 4.78 is 0. The lowest BCUT2D eigenvalue weighted by atomic mass is 10.1. The summed E-state index contributed by atoms with van der Waals surface area (Å²) >= 11 is 0. The van der Waals surface area contributed by atoms with Gasteiger partial charge in [-0.2, -0.15) is 0 Å². The van der Waals surface area contributed by atoms with Gasteiger partial charge >= 0.3 is 0 Å². The molecule has 1 fully saturated rings. The molecule has 0 aliphatic heterocycles. The molecule has 2 atom stereocenters. The summed E-state index contributed by atoms with van der Waals surface area (Å²) in [4.78, 5) is 0. The van der Waals surface area contributed by atoms with Crippen molar-refractivity contribution in [1.82, 2.24) is 0 Å². The van der Waals surface area contributed by atoms with Crippen molar-refractivity contribution in [2.75, 3.05) is 0 Å². The second-order valence-electron chi connectivity index (χ2n) is 5.97. The van der Waals surface area contributed by atoms with E-state index in [1.165, 1.54) is 29.9 Å². The van der Waals surface area contributed by atoms with Crippen LogP contribution in [0.15, 0.2) is 72.8 Å². The van der Waals surface area contributed by atoms with Crippen LogP contribution in [0.2, 0.25) is 0 Å². The summed E-state index contributed by atoms with van der Waals surface area (Å²) in [6, 6.07) is 22.3. The van der Waals surface area contributed by atoms with E-state index in [2.05, 4.69) is 72.8 Å². The monoisotopic (exact) mass is 278 g/mol. The average Bonchev–Trinajstić information content (AvgIpc) is 3.11. The van der Waals surface area contributed by atoms with E-state index >= 15 is 0 Å². The zero-order valence-electron chi connectivity index (χ0n) is 11.6. The van der Waals surface area contributed by atoms with Crippen LogP contribution in [0, 0.1) is 5.92 Å². The van der Waals surface area contributed by atoms with Crippen LogP contribution >= 0.6 is 7.92 Å². The number of hydrogen-bond donors (Lipinski definition) is 0. The molecule has 2 aliphatic carbocycles. The van der Waals surface area contributed by atoms with E-state index in [-0.39, 0.29) is 7.92 Å². The number of allylic oxidation sites excluding steroid dienone is 2. The van der Waals surface area contributed by atoms with Crippen LogP contribution in [0.1, 0.15) is 19.3 Å². The molecule has 0 radical (unpaired) electrons. The van der Waals surface area contributed by atoms with Gasteiger partial charge in [-0.3, -0.25) is 0 Å². The maximum Gasteiger partial charge on any atom is 0.0170 e. The molecule has 2 bridgehead atoms. The fourth-order valence-electron chi connectivity index (χ4n) is 3.82. The van der Waals surface area contributed by atoms with E-state index in [0.717, 1.165) is 5.92 Å². The summed E-state index contributed by atoms with van der Waals surface area (Å²) in [5.74, 6) is 0.840. The van der Waals surface area contributed by atoms with Crippen LogP contribution in [0.5, 0.6) is 0 Å². The first kappa shape index (κ1) is 12.4. The largest absolute Gasteiger partial charge is 0.0844 e. The van der Waals surface area contributed by atoms with Crippen molar-refractivity contribution in [3.63, 3.8) is 0 Å². The van der Waals surface area contributed by atoms with E-state index in [4.69, 9.17) is 0 Å². The van der Waals surface area contributed by atoms with Gasteiger partial charge in [-0.1, -0.05) is 72.8 Å². The van der Waals surface area contributed by atoms with E-state index in [1.54, 1.807) is 0 Å². The first-order chi connectivity index (χ1) is 9.87.